The van der Waals surface area contributed by atoms with Gasteiger partial charge in [-0.1, -0.05) is 16.8 Å². The number of benzene rings is 1. The van der Waals surface area contributed by atoms with Crippen molar-refractivity contribution in [2.45, 2.75) is 25.3 Å². The van der Waals surface area contributed by atoms with E-state index in [1.54, 1.807) is 17.0 Å². The Balaban J connectivity index is 1.84. The molecule has 0 spiro atoms. The zero-order valence-corrected chi connectivity index (χ0v) is 10.8. The Morgan fingerprint density at radius 1 is 1.37 bits per heavy atom. The average Bonchev–Trinajstić information content (AvgIpc) is 3.02. The summed E-state index contributed by atoms with van der Waals surface area (Å²) in [7, 11) is 0. The van der Waals surface area contributed by atoms with Crippen molar-refractivity contribution in [3.63, 3.8) is 0 Å². The third-order valence-corrected chi connectivity index (χ3v) is 3.49. The minimum atomic E-state index is 0.0753. The van der Waals surface area contributed by atoms with Gasteiger partial charge in [0.2, 0.25) is 5.91 Å². The number of nitrogens with one attached hydrogen (secondary N) is 1. The fourth-order valence-electron chi connectivity index (χ4n) is 2.37. The molecule has 0 radical (unpaired) electrons. The van der Waals surface area contributed by atoms with E-state index in [0.717, 1.165) is 12.1 Å². The van der Waals surface area contributed by atoms with E-state index in [9.17, 15) is 4.79 Å². The van der Waals surface area contributed by atoms with Gasteiger partial charge in [0, 0.05) is 29.6 Å². The lowest BCUT2D eigenvalue weighted by Gasteiger charge is -2.24. The van der Waals surface area contributed by atoms with Crippen molar-refractivity contribution in [2.75, 3.05) is 4.90 Å². The van der Waals surface area contributed by atoms with Crippen LogP contribution in [0.2, 0.25) is 5.02 Å². The highest BCUT2D eigenvalue weighted by atomic mass is 35.5. The molecule has 2 heterocycles. The number of H-pyrrole nitrogens is 1. The summed E-state index contributed by atoms with van der Waals surface area (Å²) in [4.78, 5) is 13.8. The van der Waals surface area contributed by atoms with Crippen LogP contribution in [-0.4, -0.2) is 32.6 Å². The highest BCUT2D eigenvalue weighted by Crippen LogP contribution is 2.28. The van der Waals surface area contributed by atoms with Gasteiger partial charge in [0.1, 0.15) is 0 Å². The van der Waals surface area contributed by atoms with Gasteiger partial charge in [0.15, 0.2) is 5.82 Å². The van der Waals surface area contributed by atoms with Gasteiger partial charge in [0.25, 0.3) is 0 Å². The quantitative estimate of drug-likeness (QED) is 0.924. The summed E-state index contributed by atoms with van der Waals surface area (Å²) in [6.45, 7) is 0. The second kappa shape index (κ2) is 4.97. The number of aromatic nitrogens is 4. The molecular weight excluding hydrogens is 266 g/mol. The van der Waals surface area contributed by atoms with Gasteiger partial charge in [-0.05, 0) is 30.7 Å². The predicted molar refractivity (Wildman–Crippen MR) is 69.8 cm³/mol. The van der Waals surface area contributed by atoms with E-state index in [0.29, 0.717) is 23.7 Å². The summed E-state index contributed by atoms with van der Waals surface area (Å²) in [5.74, 6) is 0.745. The summed E-state index contributed by atoms with van der Waals surface area (Å²) in [6, 6.07) is 7.36. The normalized spacial score (nSPS) is 19.1. The van der Waals surface area contributed by atoms with Crippen molar-refractivity contribution in [3.05, 3.63) is 35.1 Å². The van der Waals surface area contributed by atoms with E-state index in [-0.39, 0.29) is 11.9 Å². The first-order valence-corrected chi connectivity index (χ1v) is 6.42. The van der Waals surface area contributed by atoms with Crippen molar-refractivity contribution in [1.82, 2.24) is 20.6 Å². The first kappa shape index (κ1) is 12.1. The van der Waals surface area contributed by atoms with E-state index in [1.807, 2.05) is 12.1 Å². The number of halogens is 1. The molecule has 1 aliphatic rings. The molecule has 2 aromatic rings. The van der Waals surface area contributed by atoms with E-state index in [1.165, 1.54) is 0 Å². The Bertz CT molecular complexity index is 568. The Hall–Kier alpha value is -1.95. The molecule has 1 fully saturated rings. The molecule has 0 unspecified atom stereocenters. The van der Waals surface area contributed by atoms with Crippen LogP contribution in [0.5, 0.6) is 0 Å². The zero-order chi connectivity index (χ0) is 13.2. The number of carbonyl (C=O) groups is 1. The van der Waals surface area contributed by atoms with Crippen LogP contribution in [0.25, 0.3) is 0 Å². The molecule has 1 aromatic heterocycles. The Labute approximate surface area is 114 Å². The molecule has 19 heavy (non-hydrogen) atoms. The van der Waals surface area contributed by atoms with Gasteiger partial charge in [-0.15, -0.1) is 10.2 Å². The van der Waals surface area contributed by atoms with Gasteiger partial charge in [-0.25, -0.2) is 0 Å². The lowest BCUT2D eigenvalue weighted by atomic mass is 10.1. The molecule has 7 heteroatoms. The van der Waals surface area contributed by atoms with Crippen LogP contribution in [0, 0.1) is 0 Å². The molecule has 1 amide bonds. The van der Waals surface area contributed by atoms with Gasteiger partial charge in [-0.2, -0.15) is 5.21 Å². The topological polar surface area (TPSA) is 74.8 Å². The second-order valence-electron chi connectivity index (χ2n) is 4.46. The predicted octanol–water partition coefficient (Wildman–Crippen LogP) is 1.59. The van der Waals surface area contributed by atoms with Crippen LogP contribution >= 0.6 is 11.6 Å². The van der Waals surface area contributed by atoms with Crippen LogP contribution in [-0.2, 0) is 11.2 Å². The molecule has 6 nitrogen and oxygen atoms in total. The maximum Gasteiger partial charge on any atom is 0.227 e. The number of hydrogen-bond acceptors (Lipinski definition) is 4. The maximum atomic E-state index is 12.0. The third kappa shape index (κ3) is 2.44. The van der Waals surface area contributed by atoms with E-state index in [2.05, 4.69) is 20.6 Å². The minimum absolute atomic E-state index is 0.0753. The van der Waals surface area contributed by atoms with Crippen LogP contribution in [0.4, 0.5) is 5.69 Å². The molecule has 0 saturated carbocycles. The fourth-order valence-corrected chi connectivity index (χ4v) is 2.50. The molecule has 1 aromatic carbocycles. The number of rotatable bonds is 3. The molecule has 1 saturated heterocycles. The molecule has 98 valence electrons. The van der Waals surface area contributed by atoms with Gasteiger partial charge in [0.05, 0.1) is 0 Å². The highest BCUT2D eigenvalue weighted by Gasteiger charge is 2.32. The van der Waals surface area contributed by atoms with Gasteiger partial charge >= 0.3 is 0 Å². The number of anilines is 1. The number of amides is 1. The third-order valence-electron chi connectivity index (χ3n) is 3.24. The lowest BCUT2D eigenvalue weighted by molar-refractivity contribution is -0.117. The molecule has 3 rings (SSSR count). The van der Waals surface area contributed by atoms with Crippen molar-refractivity contribution in [2.24, 2.45) is 0 Å². The van der Waals surface area contributed by atoms with Crippen molar-refractivity contribution < 1.29 is 4.79 Å². The number of carbonyl (C=O) groups excluding carboxylic acids is 1. The first-order valence-electron chi connectivity index (χ1n) is 6.04. The van der Waals surface area contributed by atoms with E-state index in [4.69, 9.17) is 11.6 Å². The van der Waals surface area contributed by atoms with Gasteiger partial charge < -0.3 is 4.90 Å². The van der Waals surface area contributed by atoms with Crippen molar-refractivity contribution >= 4 is 23.2 Å². The molecule has 0 bridgehead atoms. The molecule has 1 atom stereocenters. The molecule has 1 N–H and O–H groups in total. The summed E-state index contributed by atoms with van der Waals surface area (Å²) in [5.41, 5.74) is 0.861. The van der Waals surface area contributed by atoms with Crippen molar-refractivity contribution in [3.8, 4) is 0 Å². The summed E-state index contributed by atoms with van der Waals surface area (Å²) in [6.07, 6.45) is 1.95. The zero-order valence-electron chi connectivity index (χ0n) is 10.1. The molecule has 0 aliphatic carbocycles. The Morgan fingerprint density at radius 2 is 2.16 bits per heavy atom. The Morgan fingerprint density at radius 3 is 2.84 bits per heavy atom. The van der Waals surface area contributed by atoms with Gasteiger partial charge in [-0.3, -0.25) is 4.79 Å². The molecule has 1 aliphatic heterocycles. The number of hydrogen-bond donors (Lipinski definition) is 1. The lowest BCUT2D eigenvalue weighted by Crippen LogP contribution is -2.34. The van der Waals surface area contributed by atoms with Crippen LogP contribution in [0.3, 0.4) is 0 Å². The average molecular weight is 278 g/mol. The second-order valence-corrected chi connectivity index (χ2v) is 4.90. The number of nitrogens with zero attached hydrogens (tertiary/aromatic N) is 4. The largest absolute Gasteiger partial charge is 0.309 e. The van der Waals surface area contributed by atoms with E-state index < -0.39 is 0 Å². The van der Waals surface area contributed by atoms with Crippen LogP contribution in [0.1, 0.15) is 18.7 Å². The minimum Gasteiger partial charge on any atom is -0.309 e. The number of tetrazole rings is 1. The number of aromatic amines is 1. The fraction of sp³-hybridized carbons (Fsp3) is 0.333. The standard InChI is InChI=1S/C12H12ClN5O/c13-8-1-3-9(4-2-8)18-10(5-6-12(18)19)7-11-14-16-17-15-11/h1-4,10H,5-7H2,(H,14,15,16,17)/t10-/m0/s1. The smallest absolute Gasteiger partial charge is 0.227 e. The molecular formula is C12H12ClN5O. The van der Waals surface area contributed by atoms with E-state index >= 15 is 0 Å². The van der Waals surface area contributed by atoms with Crippen LogP contribution in [0.15, 0.2) is 24.3 Å². The Kier molecular flexibility index (Phi) is 3.16. The summed E-state index contributed by atoms with van der Waals surface area (Å²) in [5, 5.41) is 14.5. The highest BCUT2D eigenvalue weighted by molar-refractivity contribution is 6.30. The first-order chi connectivity index (χ1) is 9.24. The van der Waals surface area contributed by atoms with Crippen molar-refractivity contribution in [1.29, 1.82) is 0 Å². The monoisotopic (exact) mass is 277 g/mol. The summed E-state index contributed by atoms with van der Waals surface area (Å²) >= 11 is 5.87. The summed E-state index contributed by atoms with van der Waals surface area (Å²) < 4.78 is 0. The van der Waals surface area contributed by atoms with Crippen LogP contribution < -0.4 is 4.90 Å². The maximum absolute atomic E-state index is 12.0. The SMILES string of the molecule is O=C1CC[C@@H](Cc2nn[nH]n2)N1c1ccc(Cl)cc1.